The maximum absolute atomic E-state index is 10.9. The van der Waals surface area contributed by atoms with E-state index in [0.29, 0.717) is 5.69 Å². The molecule has 5 nitrogen and oxygen atoms in total. The van der Waals surface area contributed by atoms with Crippen molar-refractivity contribution in [2.24, 2.45) is 0 Å². The number of hydrogen-bond acceptors (Lipinski definition) is 5. The molecule has 0 amide bonds. The topological polar surface area (TPSA) is 82.7 Å². The van der Waals surface area contributed by atoms with E-state index in [1.165, 1.54) is 12.3 Å². The zero-order valence-electron chi connectivity index (χ0n) is 6.44. The van der Waals surface area contributed by atoms with Crippen molar-refractivity contribution in [3.8, 4) is 0 Å². The highest BCUT2D eigenvalue weighted by Gasteiger charge is 2.17. The average molecular weight is 171 g/mol. The van der Waals surface area contributed by atoms with Crippen molar-refractivity contribution in [1.29, 1.82) is 0 Å². The summed E-state index contributed by atoms with van der Waals surface area (Å²) in [6, 6.07) is 1.39. The second-order valence-corrected chi connectivity index (χ2v) is 2.19. The van der Waals surface area contributed by atoms with Crippen molar-refractivity contribution >= 4 is 11.5 Å². The third kappa shape index (κ3) is 1.63. The predicted molar refractivity (Wildman–Crippen MR) is 40.8 cm³/mol. The Morgan fingerprint density at radius 3 is 2.75 bits per heavy atom. The maximum atomic E-state index is 10.9. The first kappa shape index (κ1) is 8.76. The smallest absolute Gasteiger partial charge is 0.253 e. The third-order valence-corrected chi connectivity index (χ3v) is 1.37. The summed E-state index contributed by atoms with van der Waals surface area (Å²) in [7, 11) is 1.66. The Bertz CT molecular complexity index is 279. The standard InChI is InChI=1S/C7H9NO4/c1-8-4-2-5(12-3-4)6(9)7(10)11/h2-3,7-8,10-11H,1H3. The molecule has 0 fully saturated rings. The van der Waals surface area contributed by atoms with Gasteiger partial charge in [0.2, 0.25) is 6.29 Å². The van der Waals surface area contributed by atoms with E-state index < -0.39 is 12.1 Å². The van der Waals surface area contributed by atoms with Crippen molar-refractivity contribution in [3.05, 3.63) is 18.1 Å². The van der Waals surface area contributed by atoms with Gasteiger partial charge >= 0.3 is 0 Å². The SMILES string of the molecule is CNc1coc(C(=O)C(O)O)c1. The van der Waals surface area contributed by atoms with Gasteiger partial charge in [-0.25, -0.2) is 0 Å². The number of hydrogen-bond donors (Lipinski definition) is 3. The maximum Gasteiger partial charge on any atom is 0.253 e. The van der Waals surface area contributed by atoms with Crippen LogP contribution >= 0.6 is 0 Å². The normalized spacial score (nSPS) is 10.3. The number of carbonyl (C=O) groups excluding carboxylic acids is 1. The quantitative estimate of drug-likeness (QED) is 0.434. The fraction of sp³-hybridized carbons (Fsp3) is 0.286. The molecule has 0 aromatic carbocycles. The fourth-order valence-electron chi connectivity index (χ4n) is 0.724. The fourth-order valence-corrected chi connectivity index (χ4v) is 0.724. The van der Waals surface area contributed by atoms with E-state index in [1.54, 1.807) is 7.05 Å². The van der Waals surface area contributed by atoms with Gasteiger partial charge in [0.25, 0.3) is 5.78 Å². The molecule has 66 valence electrons. The molecule has 0 bridgehead atoms. The molecule has 3 N–H and O–H groups in total. The molecule has 5 heteroatoms. The van der Waals surface area contributed by atoms with Gasteiger partial charge in [0.05, 0.1) is 5.69 Å². The summed E-state index contributed by atoms with van der Waals surface area (Å²) >= 11 is 0. The Kier molecular flexibility index (Phi) is 2.47. The second kappa shape index (κ2) is 3.38. The summed E-state index contributed by atoms with van der Waals surface area (Å²) in [6.07, 6.45) is -0.698. The lowest BCUT2D eigenvalue weighted by molar-refractivity contribution is -0.0212. The lowest BCUT2D eigenvalue weighted by Crippen LogP contribution is -2.18. The summed E-state index contributed by atoms with van der Waals surface area (Å²) in [5.41, 5.74) is 0.610. The summed E-state index contributed by atoms with van der Waals surface area (Å²) in [6.45, 7) is 0. The van der Waals surface area contributed by atoms with Crippen LogP contribution in [0.25, 0.3) is 0 Å². The molecular formula is C7H9NO4. The van der Waals surface area contributed by atoms with Gasteiger partial charge in [0.15, 0.2) is 5.76 Å². The molecular weight excluding hydrogens is 162 g/mol. The van der Waals surface area contributed by atoms with Crippen molar-refractivity contribution in [2.75, 3.05) is 12.4 Å². The molecule has 0 aliphatic rings. The van der Waals surface area contributed by atoms with Crippen LogP contribution in [-0.4, -0.2) is 29.3 Å². The molecule has 0 unspecified atom stereocenters. The van der Waals surface area contributed by atoms with E-state index in [2.05, 4.69) is 5.32 Å². The van der Waals surface area contributed by atoms with Crippen molar-refractivity contribution in [2.45, 2.75) is 6.29 Å². The number of ketones is 1. The van der Waals surface area contributed by atoms with Gasteiger partial charge in [-0.1, -0.05) is 0 Å². The predicted octanol–water partition coefficient (Wildman–Crippen LogP) is -0.185. The molecule has 1 rings (SSSR count). The zero-order chi connectivity index (χ0) is 9.14. The molecule has 0 aliphatic heterocycles. The summed E-state index contributed by atoms with van der Waals surface area (Å²) in [4.78, 5) is 10.9. The highest BCUT2D eigenvalue weighted by molar-refractivity contribution is 5.96. The van der Waals surface area contributed by atoms with E-state index in [0.717, 1.165) is 0 Å². The van der Waals surface area contributed by atoms with Crippen LogP contribution in [-0.2, 0) is 0 Å². The first-order chi connectivity index (χ1) is 5.65. The van der Waals surface area contributed by atoms with E-state index in [4.69, 9.17) is 14.6 Å². The molecule has 0 saturated carbocycles. The number of aliphatic hydroxyl groups is 2. The van der Waals surface area contributed by atoms with Gasteiger partial charge in [-0.15, -0.1) is 0 Å². The van der Waals surface area contributed by atoms with Gasteiger partial charge in [-0.2, -0.15) is 0 Å². The first-order valence-corrected chi connectivity index (χ1v) is 3.32. The number of rotatable bonds is 3. The first-order valence-electron chi connectivity index (χ1n) is 3.32. The van der Waals surface area contributed by atoms with Crippen LogP contribution in [0.4, 0.5) is 5.69 Å². The second-order valence-electron chi connectivity index (χ2n) is 2.19. The highest BCUT2D eigenvalue weighted by Crippen LogP contribution is 2.13. The summed E-state index contributed by atoms with van der Waals surface area (Å²) in [5.74, 6) is -0.925. The molecule has 0 radical (unpaired) electrons. The minimum atomic E-state index is -2.01. The Balaban J connectivity index is 2.82. The molecule has 1 aromatic rings. The lowest BCUT2D eigenvalue weighted by atomic mass is 10.3. The van der Waals surface area contributed by atoms with Crippen molar-refractivity contribution in [1.82, 2.24) is 0 Å². The van der Waals surface area contributed by atoms with E-state index >= 15 is 0 Å². The van der Waals surface area contributed by atoms with Crippen molar-refractivity contribution < 1.29 is 19.4 Å². The lowest BCUT2D eigenvalue weighted by Gasteiger charge is -1.96. The Hall–Kier alpha value is -1.33. The Morgan fingerprint density at radius 1 is 1.67 bits per heavy atom. The number of aliphatic hydroxyl groups excluding tert-OH is 1. The van der Waals surface area contributed by atoms with Crippen LogP contribution in [0.15, 0.2) is 16.7 Å². The molecule has 12 heavy (non-hydrogen) atoms. The Morgan fingerprint density at radius 2 is 2.33 bits per heavy atom. The number of Topliss-reactive ketones (excluding diaryl/α,β-unsaturated/α-hetero) is 1. The molecule has 1 aromatic heterocycles. The largest absolute Gasteiger partial charge is 0.459 e. The van der Waals surface area contributed by atoms with Gasteiger partial charge in [-0.05, 0) is 0 Å². The monoisotopic (exact) mass is 171 g/mol. The minimum absolute atomic E-state index is 0.0747. The van der Waals surface area contributed by atoms with Crippen LogP contribution in [0.1, 0.15) is 10.6 Å². The van der Waals surface area contributed by atoms with Crippen LogP contribution < -0.4 is 5.32 Å². The highest BCUT2D eigenvalue weighted by atomic mass is 16.5. The van der Waals surface area contributed by atoms with E-state index in [9.17, 15) is 4.79 Å². The van der Waals surface area contributed by atoms with Crippen LogP contribution in [0.2, 0.25) is 0 Å². The number of anilines is 1. The molecule has 1 heterocycles. The summed E-state index contributed by atoms with van der Waals surface area (Å²) < 4.78 is 4.75. The third-order valence-electron chi connectivity index (χ3n) is 1.37. The number of carbonyl (C=O) groups is 1. The van der Waals surface area contributed by atoms with Crippen LogP contribution in [0.3, 0.4) is 0 Å². The van der Waals surface area contributed by atoms with E-state index in [-0.39, 0.29) is 5.76 Å². The van der Waals surface area contributed by atoms with Crippen molar-refractivity contribution in [3.63, 3.8) is 0 Å². The molecule has 0 spiro atoms. The van der Waals surface area contributed by atoms with Crippen LogP contribution in [0, 0.1) is 0 Å². The van der Waals surface area contributed by atoms with Gasteiger partial charge in [0, 0.05) is 13.1 Å². The molecule has 0 saturated heterocycles. The molecule has 0 aliphatic carbocycles. The zero-order valence-corrected chi connectivity index (χ0v) is 6.44. The Labute approximate surface area is 68.6 Å². The number of furan rings is 1. The van der Waals surface area contributed by atoms with Crippen LogP contribution in [0.5, 0.6) is 0 Å². The number of nitrogens with one attached hydrogen (secondary N) is 1. The average Bonchev–Trinajstić information content (AvgIpc) is 2.50. The van der Waals surface area contributed by atoms with Gasteiger partial charge in [0.1, 0.15) is 6.26 Å². The van der Waals surface area contributed by atoms with Gasteiger partial charge < -0.3 is 19.9 Å². The molecule has 0 atom stereocenters. The minimum Gasteiger partial charge on any atom is -0.459 e. The summed E-state index contributed by atoms with van der Waals surface area (Å²) in [5, 5.41) is 19.7. The van der Waals surface area contributed by atoms with E-state index in [1.807, 2.05) is 0 Å². The van der Waals surface area contributed by atoms with Gasteiger partial charge in [-0.3, -0.25) is 4.79 Å².